The summed E-state index contributed by atoms with van der Waals surface area (Å²) in [4.78, 5) is 0. The maximum absolute atomic E-state index is 10.8. The van der Waals surface area contributed by atoms with Crippen molar-refractivity contribution < 1.29 is 26.3 Å². The van der Waals surface area contributed by atoms with Gasteiger partial charge in [-0.25, -0.2) is 0 Å². The van der Waals surface area contributed by atoms with Gasteiger partial charge in [0.1, 0.15) is 0 Å². The third-order valence-electron chi connectivity index (χ3n) is 0.303. The van der Waals surface area contributed by atoms with Gasteiger partial charge in [0.05, 0.1) is 8.86 Å². The van der Waals surface area contributed by atoms with E-state index < -0.39 is 21.2 Å². The Balaban J connectivity index is 0. The first-order chi connectivity index (χ1) is 5.12. The van der Waals surface area contributed by atoms with E-state index in [1.54, 1.807) is 0 Å². The number of rotatable bonds is 0. The zero-order valence-electron chi connectivity index (χ0n) is 5.44. The van der Waals surface area contributed by atoms with Crippen molar-refractivity contribution >= 4 is 45.2 Å². The molecule has 0 unspecified atom stereocenters. The van der Waals surface area contributed by atoms with Crippen molar-refractivity contribution in [1.29, 1.82) is 0 Å². The average molecular weight is 420 g/mol. The molecule has 0 aliphatic rings. The summed E-state index contributed by atoms with van der Waals surface area (Å²) in [5.41, 5.74) is 0. The van der Waals surface area contributed by atoms with Crippen LogP contribution in [0.4, 0.5) is 26.3 Å². The molecule has 0 spiro atoms. The minimum atomic E-state index is -3.97. The van der Waals surface area contributed by atoms with E-state index in [1.165, 1.54) is 45.2 Å². The number of alkyl halides is 8. The van der Waals surface area contributed by atoms with E-state index >= 15 is 0 Å². The first kappa shape index (κ1) is 15.5. The van der Waals surface area contributed by atoms with Crippen LogP contribution in [-0.4, -0.2) is 21.2 Å². The Morgan fingerprint density at radius 1 is 0.667 bits per heavy atom. The molecule has 0 aromatic carbocycles. The van der Waals surface area contributed by atoms with Crippen molar-refractivity contribution in [1.82, 2.24) is 0 Å². The van der Waals surface area contributed by atoms with E-state index in [4.69, 9.17) is 0 Å². The second-order valence-electron chi connectivity index (χ2n) is 1.50. The number of hydrogen-bond donors (Lipinski definition) is 0. The molecule has 0 fully saturated rings. The molecule has 0 rings (SSSR count). The molecule has 0 bridgehead atoms. The molecule has 0 saturated carbocycles. The Hall–Kier alpha value is 1.04. The van der Waals surface area contributed by atoms with Gasteiger partial charge in [-0.15, -0.1) is 0 Å². The summed E-state index contributed by atoms with van der Waals surface area (Å²) in [6, 6.07) is 0. The van der Waals surface area contributed by atoms with E-state index in [0.717, 1.165) is 0 Å². The minimum absolute atomic E-state index is 0.759. The second kappa shape index (κ2) is 6.49. The lowest BCUT2D eigenvalue weighted by Gasteiger charge is -1.95. The Bertz CT molecular complexity index is 91.1. The van der Waals surface area contributed by atoms with E-state index in [-0.39, 0.29) is 0 Å². The van der Waals surface area contributed by atoms with Gasteiger partial charge in [-0.1, -0.05) is 45.2 Å². The van der Waals surface area contributed by atoms with Gasteiger partial charge in [0.15, 0.2) is 0 Å². The zero-order valence-corrected chi connectivity index (χ0v) is 9.75. The topological polar surface area (TPSA) is 0 Å². The molecule has 76 valence electrons. The molecule has 8 heteroatoms. The Kier molecular flexibility index (Phi) is 8.38. The molecule has 0 nitrogen and oxygen atoms in total. The fourth-order valence-corrected chi connectivity index (χ4v) is 0. The Morgan fingerprint density at radius 2 is 0.750 bits per heavy atom. The van der Waals surface area contributed by atoms with Crippen LogP contribution in [0.3, 0.4) is 0 Å². The summed E-state index contributed by atoms with van der Waals surface area (Å²) in [5, 5.41) is 0. The van der Waals surface area contributed by atoms with Gasteiger partial charge in [-0.2, -0.15) is 26.3 Å². The first-order valence-electron chi connectivity index (χ1n) is 2.38. The van der Waals surface area contributed by atoms with Crippen LogP contribution < -0.4 is 0 Å². The summed E-state index contributed by atoms with van der Waals surface area (Å²) >= 11 is 2.54. The van der Waals surface area contributed by atoms with Crippen molar-refractivity contribution in [3.63, 3.8) is 0 Å². The highest BCUT2D eigenvalue weighted by Gasteiger charge is 2.24. The summed E-state index contributed by atoms with van der Waals surface area (Å²) in [6.07, 6.45) is -7.94. The van der Waals surface area contributed by atoms with Gasteiger partial charge in [0.2, 0.25) is 0 Å². The zero-order chi connectivity index (χ0) is 10.4. The monoisotopic (exact) mass is 420 g/mol. The maximum atomic E-state index is 10.8. The van der Waals surface area contributed by atoms with Crippen LogP contribution in [0.15, 0.2) is 0 Å². The predicted octanol–water partition coefficient (Wildman–Crippen LogP) is 3.97. The van der Waals surface area contributed by atoms with E-state index in [1.807, 2.05) is 0 Å². The average Bonchev–Trinajstić information content (AvgIpc) is 1.86. The van der Waals surface area contributed by atoms with E-state index in [0.29, 0.717) is 0 Å². The lowest BCUT2D eigenvalue weighted by Crippen LogP contribution is -2.07. The molecule has 0 radical (unpaired) electrons. The molecular formula is C4H4F6I2. The molecular weight excluding hydrogens is 416 g/mol. The van der Waals surface area contributed by atoms with Gasteiger partial charge < -0.3 is 0 Å². The van der Waals surface area contributed by atoms with Crippen LogP contribution in [0.25, 0.3) is 0 Å². The SMILES string of the molecule is FC(F)(F)CI.FC(F)(F)CI. The molecule has 0 N–H and O–H groups in total. The van der Waals surface area contributed by atoms with Crippen LogP contribution >= 0.6 is 45.2 Å². The molecule has 0 atom stereocenters. The molecule has 0 aliphatic carbocycles. The summed E-state index contributed by atoms with van der Waals surface area (Å²) in [7, 11) is 0. The smallest absolute Gasteiger partial charge is 0.170 e. The first-order valence-corrected chi connectivity index (χ1v) is 5.43. The van der Waals surface area contributed by atoms with Gasteiger partial charge in [0.25, 0.3) is 0 Å². The van der Waals surface area contributed by atoms with Gasteiger partial charge in [-0.05, 0) is 0 Å². The predicted molar refractivity (Wildman–Crippen MR) is 49.9 cm³/mol. The minimum Gasteiger partial charge on any atom is -0.170 e. The van der Waals surface area contributed by atoms with E-state index in [2.05, 4.69) is 0 Å². The lowest BCUT2D eigenvalue weighted by atomic mass is 10.8. The number of halogens is 8. The highest BCUT2D eigenvalue weighted by molar-refractivity contribution is 14.1. The fourth-order valence-electron chi connectivity index (χ4n) is 0. The number of hydrogen-bond acceptors (Lipinski definition) is 0. The van der Waals surface area contributed by atoms with E-state index in [9.17, 15) is 26.3 Å². The largest absolute Gasteiger partial charge is 0.397 e. The van der Waals surface area contributed by atoms with Crippen molar-refractivity contribution in [2.45, 2.75) is 12.4 Å². The molecule has 0 aliphatic heterocycles. The highest BCUT2D eigenvalue weighted by Crippen LogP contribution is 2.17. The van der Waals surface area contributed by atoms with Crippen LogP contribution in [0.1, 0.15) is 0 Å². The summed E-state index contributed by atoms with van der Waals surface area (Å²) in [6.45, 7) is 0. The molecule has 0 amide bonds. The molecule has 12 heavy (non-hydrogen) atoms. The van der Waals surface area contributed by atoms with Crippen molar-refractivity contribution in [3.05, 3.63) is 0 Å². The van der Waals surface area contributed by atoms with Gasteiger partial charge >= 0.3 is 12.4 Å². The lowest BCUT2D eigenvalue weighted by molar-refractivity contribution is -0.103. The van der Waals surface area contributed by atoms with Gasteiger partial charge in [-0.3, -0.25) is 0 Å². The third kappa shape index (κ3) is 22.5. The van der Waals surface area contributed by atoms with Crippen LogP contribution in [0.2, 0.25) is 0 Å². The van der Waals surface area contributed by atoms with Crippen molar-refractivity contribution in [2.75, 3.05) is 8.86 Å². The quantitative estimate of drug-likeness (QED) is 0.317. The van der Waals surface area contributed by atoms with Crippen molar-refractivity contribution in [2.24, 2.45) is 0 Å². The molecule has 0 aromatic rings. The van der Waals surface area contributed by atoms with Crippen molar-refractivity contribution in [3.8, 4) is 0 Å². The summed E-state index contributed by atoms with van der Waals surface area (Å²) in [5.74, 6) is 0. The fraction of sp³-hybridized carbons (Fsp3) is 1.00. The second-order valence-corrected chi connectivity index (χ2v) is 3.02. The Morgan fingerprint density at radius 3 is 0.750 bits per heavy atom. The van der Waals surface area contributed by atoms with Gasteiger partial charge in [0, 0.05) is 0 Å². The third-order valence-corrected chi connectivity index (χ3v) is 2.03. The molecule has 0 saturated heterocycles. The Labute approximate surface area is 92.4 Å². The normalized spacial score (nSPS) is 12.0. The van der Waals surface area contributed by atoms with Crippen LogP contribution in [0, 0.1) is 0 Å². The highest BCUT2D eigenvalue weighted by atomic mass is 127. The maximum Gasteiger partial charge on any atom is 0.397 e. The van der Waals surface area contributed by atoms with Crippen LogP contribution in [0.5, 0.6) is 0 Å². The molecule has 0 aromatic heterocycles. The summed E-state index contributed by atoms with van der Waals surface area (Å²) < 4.78 is 63.1. The van der Waals surface area contributed by atoms with Crippen LogP contribution in [-0.2, 0) is 0 Å². The molecule has 0 heterocycles. The standard InChI is InChI=1S/2C2H2F3I/c2*3-2(4,5)1-6/h2*1H2.